The molecule has 0 radical (unpaired) electrons. The maximum absolute atomic E-state index is 10.1. The number of aliphatic hydroxyl groups is 2. The van der Waals surface area contributed by atoms with Crippen molar-refractivity contribution in [2.75, 3.05) is 39.3 Å². The number of hydrogen-bond acceptors (Lipinski definition) is 5. The van der Waals surface area contributed by atoms with Crippen molar-refractivity contribution in [2.45, 2.75) is 39.9 Å². The Kier molecular flexibility index (Phi) is 10.3. The fourth-order valence-electron chi connectivity index (χ4n) is 1.96. The highest BCUT2D eigenvalue weighted by molar-refractivity contribution is 5.03. The molecule has 2 atom stereocenters. The lowest BCUT2D eigenvalue weighted by Crippen LogP contribution is -2.35. The third-order valence-corrected chi connectivity index (χ3v) is 3.66. The van der Waals surface area contributed by atoms with Gasteiger partial charge in [-0.1, -0.05) is 40.9 Å². The minimum Gasteiger partial charge on any atom is -0.462 e. The van der Waals surface area contributed by atoms with E-state index in [1.165, 1.54) is 0 Å². The molecule has 0 saturated carbocycles. The summed E-state index contributed by atoms with van der Waals surface area (Å²) in [6.07, 6.45) is -1.58. The zero-order valence-corrected chi connectivity index (χ0v) is 14.0. The summed E-state index contributed by atoms with van der Waals surface area (Å²) in [5.41, 5.74) is 0. The Balaban J connectivity index is 4.32. The molecular weight excluding hydrogens is 268 g/mol. The van der Waals surface area contributed by atoms with Crippen LogP contribution in [-0.4, -0.2) is 71.5 Å². The summed E-state index contributed by atoms with van der Waals surface area (Å²) in [7, 11) is 0. The number of rotatable bonds is 12. The van der Waals surface area contributed by atoms with Gasteiger partial charge in [-0.3, -0.25) is 0 Å². The van der Waals surface area contributed by atoms with E-state index in [1.807, 2.05) is 27.7 Å². The molecule has 0 amide bonds. The first-order valence-electron chi connectivity index (χ1n) is 7.75. The molecule has 0 saturated heterocycles. The van der Waals surface area contributed by atoms with Crippen LogP contribution in [0.1, 0.15) is 27.7 Å². The van der Waals surface area contributed by atoms with E-state index in [9.17, 15) is 10.2 Å². The van der Waals surface area contributed by atoms with Gasteiger partial charge in [0.1, 0.15) is 23.7 Å². The molecule has 5 heteroatoms. The molecule has 0 rings (SSSR count). The molecule has 2 unspecified atom stereocenters. The zero-order chi connectivity index (χ0) is 16.4. The Morgan fingerprint density at radius 2 is 1.10 bits per heavy atom. The Hall–Kier alpha value is -0.880. The lowest BCUT2D eigenvalue weighted by molar-refractivity contribution is 0.0598. The van der Waals surface area contributed by atoms with E-state index in [1.54, 1.807) is 0 Å². The Bertz CT molecular complexity index is 283. The van der Waals surface area contributed by atoms with Crippen molar-refractivity contribution in [1.29, 1.82) is 0 Å². The zero-order valence-electron chi connectivity index (χ0n) is 14.0. The number of ether oxygens (including phenoxy) is 1. The molecule has 0 aliphatic heterocycles. The van der Waals surface area contributed by atoms with Crippen LogP contribution in [0.4, 0.5) is 0 Å². The smallest absolute Gasteiger partial charge is 0.126 e. The van der Waals surface area contributed by atoms with E-state index in [-0.39, 0.29) is 11.5 Å². The molecule has 0 fully saturated rings. The van der Waals surface area contributed by atoms with Crippen molar-refractivity contribution >= 4 is 0 Å². The van der Waals surface area contributed by atoms with Gasteiger partial charge in [0.2, 0.25) is 0 Å². The molecule has 2 N–H and O–H groups in total. The molecule has 0 aromatic heterocycles. The second-order valence-corrected chi connectivity index (χ2v) is 5.04. The van der Waals surface area contributed by atoms with Crippen molar-refractivity contribution in [3.8, 4) is 0 Å². The normalized spacial score (nSPS) is 14.3. The third kappa shape index (κ3) is 7.62. The summed E-state index contributed by atoms with van der Waals surface area (Å²) in [4.78, 5) is 4.16. The third-order valence-electron chi connectivity index (χ3n) is 3.66. The van der Waals surface area contributed by atoms with Crippen LogP contribution >= 0.6 is 0 Å². The van der Waals surface area contributed by atoms with Gasteiger partial charge in [0.25, 0.3) is 0 Å². The fourth-order valence-corrected chi connectivity index (χ4v) is 1.96. The van der Waals surface area contributed by atoms with E-state index >= 15 is 0 Å². The number of hydrogen-bond donors (Lipinski definition) is 2. The van der Waals surface area contributed by atoms with Crippen LogP contribution in [0.3, 0.4) is 0 Å². The molecule has 0 heterocycles. The van der Waals surface area contributed by atoms with Crippen molar-refractivity contribution in [3.05, 3.63) is 24.7 Å². The van der Waals surface area contributed by atoms with Crippen molar-refractivity contribution in [2.24, 2.45) is 0 Å². The van der Waals surface area contributed by atoms with Gasteiger partial charge in [-0.05, 0) is 26.2 Å². The summed E-state index contributed by atoms with van der Waals surface area (Å²) in [5, 5.41) is 20.1. The highest BCUT2D eigenvalue weighted by Crippen LogP contribution is 2.13. The van der Waals surface area contributed by atoms with Gasteiger partial charge in [0, 0.05) is 13.1 Å². The van der Waals surface area contributed by atoms with Crippen LogP contribution in [0.2, 0.25) is 0 Å². The monoisotopic (exact) mass is 300 g/mol. The van der Waals surface area contributed by atoms with E-state index in [0.29, 0.717) is 13.1 Å². The topological polar surface area (TPSA) is 56.2 Å². The second kappa shape index (κ2) is 10.8. The molecule has 5 nitrogen and oxygen atoms in total. The molecule has 0 aliphatic rings. The number of likely N-dealkylation sites (N-methyl/N-ethyl adjacent to an activating group) is 2. The summed E-state index contributed by atoms with van der Waals surface area (Å²) < 4.78 is 5.41. The lowest BCUT2D eigenvalue weighted by atomic mass is 10.2. The van der Waals surface area contributed by atoms with Gasteiger partial charge < -0.3 is 24.7 Å². The standard InChI is InChI=1S/C16H32N2O3/c1-7-17(8-2)11-15(19)13(5)21-14(6)16(20)12-18(9-3)10-4/h15-16,19-20H,5-12H2,1-4H3. The van der Waals surface area contributed by atoms with Crippen LogP contribution in [-0.2, 0) is 4.74 Å². The number of nitrogens with zero attached hydrogens (tertiary/aromatic N) is 2. The highest BCUT2D eigenvalue weighted by Gasteiger charge is 2.19. The van der Waals surface area contributed by atoms with Crippen molar-refractivity contribution < 1.29 is 14.9 Å². The molecule has 0 spiro atoms. The molecule has 124 valence electrons. The molecule has 21 heavy (non-hydrogen) atoms. The van der Waals surface area contributed by atoms with Gasteiger partial charge >= 0.3 is 0 Å². The Morgan fingerprint density at radius 1 is 0.810 bits per heavy atom. The van der Waals surface area contributed by atoms with Crippen LogP contribution < -0.4 is 0 Å². The number of aliphatic hydroxyl groups excluding tert-OH is 2. The quantitative estimate of drug-likeness (QED) is 0.534. The average Bonchev–Trinajstić information content (AvgIpc) is 2.49. The van der Waals surface area contributed by atoms with Crippen LogP contribution in [0.25, 0.3) is 0 Å². The van der Waals surface area contributed by atoms with Gasteiger partial charge in [-0.2, -0.15) is 0 Å². The molecule has 0 aromatic rings. The first-order valence-corrected chi connectivity index (χ1v) is 7.75. The maximum atomic E-state index is 10.1. The minimum atomic E-state index is -0.790. The average molecular weight is 300 g/mol. The first kappa shape index (κ1) is 20.1. The summed E-state index contributed by atoms with van der Waals surface area (Å²) >= 11 is 0. The van der Waals surface area contributed by atoms with Gasteiger partial charge in [-0.15, -0.1) is 0 Å². The van der Waals surface area contributed by atoms with Gasteiger partial charge in [-0.25, -0.2) is 0 Å². The minimum absolute atomic E-state index is 0.227. The van der Waals surface area contributed by atoms with Gasteiger partial charge in [0.05, 0.1) is 0 Å². The SMILES string of the molecule is C=C(OC(=C)C(O)CN(CC)CC)C(O)CN(CC)CC. The highest BCUT2D eigenvalue weighted by atomic mass is 16.5. The second-order valence-electron chi connectivity index (χ2n) is 5.04. The first-order chi connectivity index (χ1) is 9.89. The van der Waals surface area contributed by atoms with E-state index < -0.39 is 12.2 Å². The van der Waals surface area contributed by atoms with E-state index in [0.717, 1.165) is 26.2 Å². The van der Waals surface area contributed by atoms with E-state index in [4.69, 9.17) is 4.74 Å². The maximum Gasteiger partial charge on any atom is 0.126 e. The molecule has 0 aliphatic carbocycles. The summed E-state index contributed by atoms with van der Waals surface area (Å²) in [6, 6.07) is 0. The Labute approximate surface area is 129 Å². The lowest BCUT2D eigenvalue weighted by Gasteiger charge is -2.26. The predicted octanol–water partition coefficient (Wildman–Crippen LogP) is 1.44. The van der Waals surface area contributed by atoms with Crippen LogP contribution in [0.15, 0.2) is 24.7 Å². The summed E-state index contributed by atoms with van der Waals surface area (Å²) in [5.74, 6) is 0.455. The largest absolute Gasteiger partial charge is 0.462 e. The van der Waals surface area contributed by atoms with Crippen molar-refractivity contribution in [3.63, 3.8) is 0 Å². The summed E-state index contributed by atoms with van der Waals surface area (Å²) in [6.45, 7) is 19.9. The van der Waals surface area contributed by atoms with Crippen LogP contribution in [0, 0.1) is 0 Å². The van der Waals surface area contributed by atoms with Crippen LogP contribution in [0.5, 0.6) is 0 Å². The molecule has 0 bridgehead atoms. The van der Waals surface area contributed by atoms with Crippen molar-refractivity contribution in [1.82, 2.24) is 9.80 Å². The molecular formula is C16H32N2O3. The Morgan fingerprint density at radius 3 is 1.33 bits per heavy atom. The van der Waals surface area contributed by atoms with Gasteiger partial charge in [0.15, 0.2) is 0 Å². The predicted molar refractivity (Wildman–Crippen MR) is 87.0 cm³/mol. The van der Waals surface area contributed by atoms with E-state index in [2.05, 4.69) is 23.0 Å². The fraction of sp³-hybridized carbons (Fsp3) is 0.750. The molecule has 0 aromatic carbocycles.